The number of ether oxygens (including phenoxy) is 2. The van der Waals surface area contributed by atoms with Crippen LogP contribution < -0.4 is 0 Å². The van der Waals surface area contributed by atoms with Crippen molar-refractivity contribution in [2.75, 3.05) is 26.9 Å². The van der Waals surface area contributed by atoms with Crippen molar-refractivity contribution in [3.8, 4) is 0 Å². The van der Waals surface area contributed by atoms with Gasteiger partial charge in [0.15, 0.2) is 6.10 Å². The molecular weight excluding hydrogens is 206 g/mol. The molecule has 1 aliphatic heterocycles. The molecule has 7 nitrogen and oxygen atoms in total. The Bertz CT molecular complexity index is 273. The summed E-state index contributed by atoms with van der Waals surface area (Å²) in [5, 5.41) is 8.67. The van der Waals surface area contributed by atoms with Gasteiger partial charge in [0.05, 0.1) is 6.54 Å². The lowest BCUT2D eigenvalue weighted by Gasteiger charge is -2.26. The number of hydrogen-bond acceptors (Lipinski definition) is 5. The molecule has 0 aromatic carbocycles. The Morgan fingerprint density at radius 2 is 2.07 bits per heavy atom. The van der Waals surface area contributed by atoms with Crippen molar-refractivity contribution < 1.29 is 29.0 Å². The second-order valence-electron chi connectivity index (χ2n) is 2.95. The summed E-state index contributed by atoms with van der Waals surface area (Å²) in [5.41, 5.74) is 0. The molecule has 1 fully saturated rings. The van der Waals surface area contributed by atoms with Gasteiger partial charge >= 0.3 is 5.97 Å². The van der Waals surface area contributed by atoms with Gasteiger partial charge in [-0.15, -0.1) is 0 Å². The van der Waals surface area contributed by atoms with Crippen LogP contribution in [-0.4, -0.2) is 60.8 Å². The molecule has 0 radical (unpaired) electrons. The summed E-state index contributed by atoms with van der Waals surface area (Å²) in [4.78, 5) is 33.9. The van der Waals surface area contributed by atoms with Gasteiger partial charge in [-0.1, -0.05) is 0 Å². The molecule has 0 aromatic heterocycles. The number of rotatable bonds is 4. The van der Waals surface area contributed by atoms with Gasteiger partial charge in [-0.2, -0.15) is 0 Å². The first-order valence-electron chi connectivity index (χ1n) is 4.22. The Labute approximate surface area is 85.6 Å². The van der Waals surface area contributed by atoms with Crippen molar-refractivity contribution in [1.82, 2.24) is 4.90 Å². The van der Waals surface area contributed by atoms with Crippen molar-refractivity contribution in [3.05, 3.63) is 0 Å². The molecule has 1 aliphatic rings. The van der Waals surface area contributed by atoms with Gasteiger partial charge in [-0.3, -0.25) is 14.5 Å². The Morgan fingerprint density at radius 1 is 1.53 bits per heavy atom. The largest absolute Gasteiger partial charge is 0.479 e. The van der Waals surface area contributed by atoms with Crippen LogP contribution in [0.15, 0.2) is 0 Å². The SMILES string of the molecule is COC(CN1C(=O)COCC1=O)C(=O)O. The number of carbonyl (C=O) groups excluding carboxylic acids is 2. The molecular formula is C8H11NO6. The van der Waals surface area contributed by atoms with Gasteiger partial charge in [0.1, 0.15) is 13.2 Å². The summed E-state index contributed by atoms with van der Waals surface area (Å²) in [7, 11) is 1.20. The molecule has 1 saturated heterocycles. The third-order valence-electron chi connectivity index (χ3n) is 1.96. The van der Waals surface area contributed by atoms with Crippen LogP contribution in [0.3, 0.4) is 0 Å². The van der Waals surface area contributed by atoms with Crippen LogP contribution in [0.5, 0.6) is 0 Å². The molecule has 1 heterocycles. The Balaban J connectivity index is 2.65. The van der Waals surface area contributed by atoms with E-state index in [9.17, 15) is 14.4 Å². The molecule has 0 aliphatic carbocycles. The number of amides is 2. The molecule has 1 atom stereocenters. The average Bonchev–Trinajstić information content (AvgIpc) is 2.17. The number of carbonyl (C=O) groups is 3. The molecule has 1 unspecified atom stereocenters. The van der Waals surface area contributed by atoms with E-state index in [1.54, 1.807) is 0 Å². The highest BCUT2D eigenvalue weighted by Gasteiger charge is 2.31. The van der Waals surface area contributed by atoms with Gasteiger partial charge in [0.2, 0.25) is 0 Å². The van der Waals surface area contributed by atoms with Crippen molar-refractivity contribution in [2.24, 2.45) is 0 Å². The number of aliphatic carboxylic acids is 1. The van der Waals surface area contributed by atoms with Gasteiger partial charge < -0.3 is 14.6 Å². The van der Waals surface area contributed by atoms with Crippen LogP contribution in [0.4, 0.5) is 0 Å². The number of hydrogen-bond donors (Lipinski definition) is 1. The van der Waals surface area contributed by atoms with Crippen LogP contribution in [0.25, 0.3) is 0 Å². The number of carboxylic acid groups (broad SMARTS) is 1. The summed E-state index contributed by atoms with van der Waals surface area (Å²) in [5.74, 6) is -2.31. The second-order valence-corrected chi connectivity index (χ2v) is 2.95. The molecule has 0 saturated carbocycles. The summed E-state index contributed by atoms with van der Waals surface area (Å²) >= 11 is 0. The summed E-state index contributed by atoms with van der Waals surface area (Å²) in [6.07, 6.45) is -1.20. The molecule has 15 heavy (non-hydrogen) atoms. The van der Waals surface area contributed by atoms with E-state index in [4.69, 9.17) is 5.11 Å². The van der Waals surface area contributed by atoms with Crippen molar-refractivity contribution in [2.45, 2.75) is 6.10 Å². The van der Waals surface area contributed by atoms with E-state index in [1.165, 1.54) is 7.11 Å². The van der Waals surface area contributed by atoms with Crippen molar-refractivity contribution >= 4 is 17.8 Å². The van der Waals surface area contributed by atoms with Crippen molar-refractivity contribution in [1.29, 1.82) is 0 Å². The van der Waals surface area contributed by atoms with Crippen molar-refractivity contribution in [3.63, 3.8) is 0 Å². The third kappa shape index (κ3) is 2.74. The zero-order chi connectivity index (χ0) is 11.4. The van der Waals surface area contributed by atoms with Gasteiger partial charge in [-0.05, 0) is 0 Å². The topological polar surface area (TPSA) is 93.1 Å². The molecule has 0 bridgehead atoms. The lowest BCUT2D eigenvalue weighted by atomic mass is 10.3. The first kappa shape index (κ1) is 11.6. The smallest absolute Gasteiger partial charge is 0.334 e. The fourth-order valence-corrected chi connectivity index (χ4v) is 1.14. The van der Waals surface area contributed by atoms with Gasteiger partial charge in [-0.25, -0.2) is 4.79 Å². The maximum Gasteiger partial charge on any atom is 0.334 e. The lowest BCUT2D eigenvalue weighted by Crippen LogP contribution is -2.50. The minimum Gasteiger partial charge on any atom is -0.479 e. The number of imide groups is 1. The predicted molar refractivity (Wildman–Crippen MR) is 46.0 cm³/mol. The molecule has 7 heteroatoms. The highest BCUT2D eigenvalue weighted by Crippen LogP contribution is 2.04. The normalized spacial score (nSPS) is 19.1. The Kier molecular flexibility index (Phi) is 3.75. The van der Waals surface area contributed by atoms with Crippen LogP contribution in [0, 0.1) is 0 Å². The zero-order valence-corrected chi connectivity index (χ0v) is 8.13. The van der Waals surface area contributed by atoms with E-state index in [0.29, 0.717) is 0 Å². The van der Waals surface area contributed by atoms with Crippen LogP contribution >= 0.6 is 0 Å². The summed E-state index contributed by atoms with van der Waals surface area (Å²) < 4.78 is 9.30. The number of carboxylic acids is 1. The van der Waals surface area contributed by atoms with E-state index in [1.807, 2.05) is 0 Å². The quantitative estimate of drug-likeness (QED) is 0.574. The minimum atomic E-state index is -1.22. The van der Waals surface area contributed by atoms with E-state index in [2.05, 4.69) is 9.47 Å². The van der Waals surface area contributed by atoms with Crippen LogP contribution in [-0.2, 0) is 23.9 Å². The van der Waals surface area contributed by atoms with E-state index in [0.717, 1.165) is 4.90 Å². The van der Waals surface area contributed by atoms with E-state index >= 15 is 0 Å². The third-order valence-corrected chi connectivity index (χ3v) is 1.96. The van der Waals surface area contributed by atoms with Crippen LogP contribution in [0.2, 0.25) is 0 Å². The predicted octanol–water partition coefficient (Wildman–Crippen LogP) is -1.53. The highest BCUT2D eigenvalue weighted by atomic mass is 16.5. The fourth-order valence-electron chi connectivity index (χ4n) is 1.14. The maximum absolute atomic E-state index is 11.2. The number of methoxy groups -OCH3 is 1. The molecule has 1 N–H and O–H groups in total. The molecule has 84 valence electrons. The zero-order valence-electron chi connectivity index (χ0n) is 8.13. The first-order valence-corrected chi connectivity index (χ1v) is 4.22. The number of nitrogens with zero attached hydrogens (tertiary/aromatic N) is 1. The monoisotopic (exact) mass is 217 g/mol. The molecule has 0 spiro atoms. The minimum absolute atomic E-state index is 0.207. The first-order chi connectivity index (χ1) is 7.06. The Hall–Kier alpha value is -1.47. The van der Waals surface area contributed by atoms with Gasteiger partial charge in [0.25, 0.3) is 11.8 Å². The van der Waals surface area contributed by atoms with Crippen LogP contribution in [0.1, 0.15) is 0 Å². The standard InChI is InChI=1S/C8H11NO6/c1-14-5(8(12)13)2-9-6(10)3-15-4-7(9)11/h5H,2-4H2,1H3,(H,12,13). The molecule has 0 aromatic rings. The van der Waals surface area contributed by atoms with E-state index in [-0.39, 0.29) is 19.8 Å². The maximum atomic E-state index is 11.2. The van der Waals surface area contributed by atoms with Gasteiger partial charge in [0, 0.05) is 7.11 Å². The summed E-state index contributed by atoms with van der Waals surface area (Å²) in [6.45, 7) is -0.698. The molecule has 1 rings (SSSR count). The van der Waals surface area contributed by atoms with E-state index < -0.39 is 23.9 Å². The lowest BCUT2D eigenvalue weighted by molar-refractivity contribution is -0.163. The highest BCUT2D eigenvalue weighted by molar-refractivity contribution is 5.98. The number of morpholine rings is 1. The molecule has 2 amide bonds. The Morgan fingerprint density at radius 3 is 2.47 bits per heavy atom. The average molecular weight is 217 g/mol. The fraction of sp³-hybridized carbons (Fsp3) is 0.625. The second kappa shape index (κ2) is 4.85. The summed E-state index contributed by atoms with van der Waals surface area (Å²) in [6, 6.07) is 0.